The lowest BCUT2D eigenvalue weighted by molar-refractivity contribution is -0.209. The number of aliphatic hydroxyl groups excluding tert-OH is 1. The van der Waals surface area contributed by atoms with Gasteiger partial charge in [0.15, 0.2) is 5.78 Å². The molecule has 1 aliphatic heterocycles. The van der Waals surface area contributed by atoms with Gasteiger partial charge in [-0.3, -0.25) is 9.59 Å². The van der Waals surface area contributed by atoms with Crippen LogP contribution in [0.5, 0.6) is 0 Å². The molecule has 2 saturated carbocycles. The summed E-state index contributed by atoms with van der Waals surface area (Å²) in [5.41, 5.74) is 0.781. The molecule has 0 radical (unpaired) electrons. The van der Waals surface area contributed by atoms with Gasteiger partial charge in [0.1, 0.15) is 5.78 Å². The number of carbonyl (C=O) groups excluding carboxylic acids is 2. The van der Waals surface area contributed by atoms with Crippen LogP contribution in [0, 0.1) is 39.9 Å². The van der Waals surface area contributed by atoms with E-state index in [2.05, 4.69) is 20.8 Å². The Hall–Kier alpha value is -1.26. The van der Waals surface area contributed by atoms with E-state index in [1.165, 1.54) is 36.8 Å². The lowest BCUT2D eigenvalue weighted by Crippen LogP contribution is -2.68. The summed E-state index contributed by atoms with van der Waals surface area (Å²) in [6.07, 6.45) is 9.29. The molecule has 1 heterocycles. The number of carbonyl (C=O) groups is 2. The first-order chi connectivity index (χ1) is 15.0. The van der Waals surface area contributed by atoms with Gasteiger partial charge in [0, 0.05) is 16.7 Å². The zero-order chi connectivity index (χ0) is 23.2. The molecule has 4 heteroatoms. The predicted octanol–water partition coefficient (Wildman–Crippen LogP) is 5.04. The number of ether oxygens (including phenoxy) is 1. The zero-order valence-electron chi connectivity index (χ0n) is 20.6. The van der Waals surface area contributed by atoms with Crippen molar-refractivity contribution in [1.82, 2.24) is 0 Å². The predicted molar refractivity (Wildman–Crippen MR) is 124 cm³/mol. The van der Waals surface area contributed by atoms with Crippen molar-refractivity contribution in [2.24, 2.45) is 39.9 Å². The molecule has 5 aliphatic rings. The summed E-state index contributed by atoms with van der Waals surface area (Å²) >= 11 is 0. The molecule has 0 bridgehead atoms. The van der Waals surface area contributed by atoms with Gasteiger partial charge in [-0.25, -0.2) is 0 Å². The molecule has 3 fully saturated rings. The van der Waals surface area contributed by atoms with Crippen LogP contribution in [0.25, 0.3) is 0 Å². The number of hydrogen-bond acceptors (Lipinski definition) is 4. The molecule has 0 aromatic carbocycles. The van der Waals surface area contributed by atoms with Crippen LogP contribution in [0.1, 0.15) is 80.1 Å². The lowest BCUT2D eigenvalue weighted by atomic mass is 9.41. The van der Waals surface area contributed by atoms with E-state index in [1.54, 1.807) is 19.1 Å². The third-order valence-electron chi connectivity index (χ3n) is 10.9. The van der Waals surface area contributed by atoms with Crippen LogP contribution < -0.4 is 0 Å². The van der Waals surface area contributed by atoms with Crippen molar-refractivity contribution in [2.75, 3.05) is 0 Å². The molecule has 0 aromatic heterocycles. The quantitative estimate of drug-likeness (QED) is 0.624. The van der Waals surface area contributed by atoms with Gasteiger partial charge in [-0.05, 0) is 69.4 Å². The zero-order valence-corrected chi connectivity index (χ0v) is 20.6. The fraction of sp³-hybridized carbons (Fsp3) is 0.786. The van der Waals surface area contributed by atoms with Crippen molar-refractivity contribution in [2.45, 2.75) is 98.4 Å². The highest BCUT2D eigenvalue weighted by Crippen LogP contribution is 2.69. The molecule has 0 amide bonds. The Bertz CT molecular complexity index is 910. The minimum atomic E-state index is -0.867. The molecule has 0 aromatic rings. The van der Waals surface area contributed by atoms with Gasteiger partial charge >= 0.3 is 0 Å². The van der Waals surface area contributed by atoms with E-state index in [9.17, 15) is 14.7 Å². The van der Waals surface area contributed by atoms with Crippen molar-refractivity contribution in [3.05, 3.63) is 23.3 Å². The van der Waals surface area contributed by atoms with Crippen molar-refractivity contribution < 1.29 is 19.4 Å². The fourth-order valence-electron chi connectivity index (χ4n) is 9.46. The summed E-state index contributed by atoms with van der Waals surface area (Å²) in [5, 5.41) is 11.9. The third-order valence-corrected chi connectivity index (χ3v) is 10.9. The average Bonchev–Trinajstić information content (AvgIpc) is 3.42. The molecule has 5 rings (SSSR count). The van der Waals surface area contributed by atoms with Crippen LogP contribution in [0.2, 0.25) is 0 Å². The van der Waals surface area contributed by atoms with Gasteiger partial charge < -0.3 is 9.84 Å². The molecule has 0 unspecified atom stereocenters. The monoisotopic (exact) mass is 440 g/mol. The number of hydrogen-bond donors (Lipinski definition) is 1. The topological polar surface area (TPSA) is 63.6 Å². The second-order valence-electron chi connectivity index (χ2n) is 12.1. The maximum Gasteiger partial charge on any atom is 0.161 e. The van der Waals surface area contributed by atoms with Gasteiger partial charge in [-0.1, -0.05) is 51.7 Å². The number of rotatable bonds is 3. The highest BCUT2D eigenvalue weighted by Gasteiger charge is 2.73. The first-order valence-corrected chi connectivity index (χ1v) is 12.8. The highest BCUT2D eigenvalue weighted by atomic mass is 16.5. The molecule has 0 spiro atoms. The summed E-state index contributed by atoms with van der Waals surface area (Å²) < 4.78 is 6.74. The minimum Gasteiger partial charge on any atom is -0.390 e. The van der Waals surface area contributed by atoms with Crippen molar-refractivity contribution >= 4 is 11.6 Å². The molecule has 4 aliphatic carbocycles. The van der Waals surface area contributed by atoms with E-state index < -0.39 is 22.9 Å². The Morgan fingerprint density at radius 1 is 1.19 bits per heavy atom. The second kappa shape index (κ2) is 7.12. The van der Waals surface area contributed by atoms with Crippen LogP contribution >= 0.6 is 0 Å². The summed E-state index contributed by atoms with van der Waals surface area (Å²) in [6.45, 7) is 12.2. The van der Waals surface area contributed by atoms with Gasteiger partial charge in [-0.2, -0.15) is 0 Å². The van der Waals surface area contributed by atoms with Gasteiger partial charge in [0.05, 0.1) is 23.7 Å². The number of allylic oxidation sites excluding steroid dienone is 3. The Balaban J connectivity index is 1.67. The summed E-state index contributed by atoms with van der Waals surface area (Å²) in [7, 11) is 0. The first-order valence-electron chi connectivity index (χ1n) is 12.8. The van der Waals surface area contributed by atoms with E-state index in [1.807, 2.05) is 13.8 Å². The summed E-state index contributed by atoms with van der Waals surface area (Å²) in [6, 6.07) is 0. The van der Waals surface area contributed by atoms with E-state index in [-0.39, 0.29) is 35.1 Å². The lowest BCUT2D eigenvalue weighted by Gasteiger charge is -2.62. The van der Waals surface area contributed by atoms with E-state index in [0.29, 0.717) is 5.92 Å². The number of ketones is 2. The molecule has 9 atom stereocenters. The van der Waals surface area contributed by atoms with Crippen LogP contribution in [-0.2, 0) is 14.3 Å². The molecule has 1 N–H and O–H groups in total. The molecule has 1 saturated heterocycles. The molecule has 32 heavy (non-hydrogen) atoms. The standard InChI is InChI=1S/C28H40O4/c1-7-20-27(5)21(30)12-13-26(4,16(3)29)24(27)23(31)25-28(20,6)22-15(2)18(14-19(22)32-25)17-10-8-9-11-17/h12-13,17-20,23-25,31H,7-11,14H2,1-6H3/t18-,19-,20-,23-,24+,25-,26+,27+,28-/m1/s1. The summed E-state index contributed by atoms with van der Waals surface area (Å²) in [4.78, 5) is 26.4. The van der Waals surface area contributed by atoms with Crippen LogP contribution in [-0.4, -0.2) is 35.0 Å². The maximum atomic E-state index is 13.6. The van der Waals surface area contributed by atoms with Crippen molar-refractivity contribution in [1.29, 1.82) is 0 Å². The Labute approximate surface area is 192 Å². The smallest absolute Gasteiger partial charge is 0.161 e. The Morgan fingerprint density at radius 3 is 2.44 bits per heavy atom. The van der Waals surface area contributed by atoms with Crippen LogP contribution in [0.15, 0.2) is 23.3 Å². The average molecular weight is 441 g/mol. The van der Waals surface area contributed by atoms with Crippen molar-refractivity contribution in [3.8, 4) is 0 Å². The maximum absolute atomic E-state index is 13.6. The molecular formula is C28H40O4. The minimum absolute atomic E-state index is 0.00451. The van der Waals surface area contributed by atoms with Gasteiger partial charge in [-0.15, -0.1) is 0 Å². The Kier molecular flexibility index (Phi) is 5.01. The third kappa shape index (κ3) is 2.52. The first kappa shape index (κ1) is 22.5. The highest BCUT2D eigenvalue weighted by molar-refractivity contribution is 6.00. The van der Waals surface area contributed by atoms with Gasteiger partial charge in [0.25, 0.3) is 0 Å². The van der Waals surface area contributed by atoms with E-state index in [0.717, 1.165) is 18.8 Å². The second-order valence-corrected chi connectivity index (χ2v) is 12.1. The SMILES string of the molecule is CC[C@H]1[C@]2(C)C3=C(C)[C@H](C4CCCC4)C[C@H]3O[C@@H]2[C@H](O)[C@@H]2[C@]1(C)C(=O)C=C[C@@]2(C)C(C)=O. The molecular weight excluding hydrogens is 400 g/mol. The fourth-order valence-corrected chi connectivity index (χ4v) is 9.46. The van der Waals surface area contributed by atoms with E-state index >= 15 is 0 Å². The Morgan fingerprint density at radius 2 is 1.84 bits per heavy atom. The largest absolute Gasteiger partial charge is 0.390 e. The van der Waals surface area contributed by atoms with Crippen LogP contribution in [0.4, 0.5) is 0 Å². The van der Waals surface area contributed by atoms with Crippen LogP contribution in [0.3, 0.4) is 0 Å². The number of aliphatic hydroxyl groups is 1. The number of Topliss-reactive ketones (excluding diaryl/α,β-unsaturated/α-hetero) is 1. The summed E-state index contributed by atoms with van der Waals surface area (Å²) in [5.74, 6) is 0.916. The van der Waals surface area contributed by atoms with E-state index in [4.69, 9.17) is 4.74 Å². The molecule has 176 valence electrons. The van der Waals surface area contributed by atoms with Crippen molar-refractivity contribution in [3.63, 3.8) is 0 Å². The van der Waals surface area contributed by atoms with Gasteiger partial charge in [0.2, 0.25) is 0 Å². The molecule has 4 nitrogen and oxygen atoms in total. The normalized spacial score (nSPS) is 50.5. The number of fused-ring (bicyclic) bond motifs is 4.